The molecule has 0 aromatic heterocycles. The van der Waals surface area contributed by atoms with Crippen LogP contribution in [0.2, 0.25) is 0 Å². The zero-order valence-corrected chi connectivity index (χ0v) is 11.3. The van der Waals surface area contributed by atoms with E-state index in [1.54, 1.807) is 7.11 Å². The normalized spacial score (nSPS) is 22.7. The van der Waals surface area contributed by atoms with Crippen molar-refractivity contribution in [1.29, 1.82) is 0 Å². The minimum absolute atomic E-state index is 0.402. The number of hydrogen-bond donors (Lipinski definition) is 1. The van der Waals surface area contributed by atoms with E-state index in [1.807, 2.05) is 24.3 Å². The molecule has 0 saturated carbocycles. The van der Waals surface area contributed by atoms with Gasteiger partial charge in [-0.1, -0.05) is 19.1 Å². The van der Waals surface area contributed by atoms with Crippen LogP contribution < -0.4 is 4.74 Å². The Morgan fingerprint density at radius 3 is 2.72 bits per heavy atom. The summed E-state index contributed by atoms with van der Waals surface area (Å²) in [7, 11) is 1.65. The Morgan fingerprint density at radius 2 is 2.11 bits per heavy atom. The van der Waals surface area contributed by atoms with Crippen LogP contribution in [0.4, 0.5) is 0 Å². The Balaban J connectivity index is 1.91. The van der Waals surface area contributed by atoms with E-state index in [0.29, 0.717) is 0 Å². The molecule has 1 aliphatic heterocycles. The smallest absolute Gasteiger partial charge is 0.118 e. The van der Waals surface area contributed by atoms with Gasteiger partial charge in [0.15, 0.2) is 0 Å². The molecule has 18 heavy (non-hydrogen) atoms. The van der Waals surface area contributed by atoms with E-state index in [-0.39, 0.29) is 0 Å². The first-order chi connectivity index (χ1) is 8.69. The molecule has 1 N–H and O–H groups in total. The van der Waals surface area contributed by atoms with Gasteiger partial charge in [-0.3, -0.25) is 0 Å². The molecule has 3 heteroatoms. The monoisotopic (exact) mass is 249 g/mol. The molecule has 0 amide bonds. The highest BCUT2D eigenvalue weighted by Gasteiger charge is 2.19. The Bertz CT molecular complexity index is 363. The fourth-order valence-electron chi connectivity index (χ4n) is 2.63. The second kappa shape index (κ2) is 6.21. The van der Waals surface area contributed by atoms with Crippen LogP contribution in [0.25, 0.3) is 0 Å². The van der Waals surface area contributed by atoms with Gasteiger partial charge in [0.05, 0.1) is 13.2 Å². The number of ether oxygens (including phenoxy) is 1. The molecule has 100 valence electrons. The van der Waals surface area contributed by atoms with Gasteiger partial charge in [0, 0.05) is 13.1 Å². The summed E-state index contributed by atoms with van der Waals surface area (Å²) < 4.78 is 5.12. The highest BCUT2D eigenvalue weighted by molar-refractivity contribution is 5.28. The maximum atomic E-state index is 10.2. The minimum atomic E-state index is -0.402. The van der Waals surface area contributed by atoms with Gasteiger partial charge in [-0.25, -0.2) is 0 Å². The molecule has 1 aromatic rings. The zero-order chi connectivity index (χ0) is 13.0. The second-order valence-corrected chi connectivity index (χ2v) is 5.30. The molecule has 1 heterocycles. The van der Waals surface area contributed by atoms with Crippen LogP contribution >= 0.6 is 0 Å². The summed E-state index contributed by atoms with van der Waals surface area (Å²) in [6.07, 6.45) is 2.16. The maximum Gasteiger partial charge on any atom is 0.118 e. The van der Waals surface area contributed by atoms with Gasteiger partial charge in [0.2, 0.25) is 0 Å². The van der Waals surface area contributed by atoms with Crippen molar-refractivity contribution in [3.63, 3.8) is 0 Å². The second-order valence-electron chi connectivity index (χ2n) is 5.30. The summed E-state index contributed by atoms with van der Waals surface area (Å²) in [5.41, 5.74) is 0.967. The molecule has 0 aliphatic carbocycles. The number of β-amino-alcohol motifs (C(OH)–C–C–N with tert-alkyl or cyclic N) is 1. The fraction of sp³-hybridized carbons (Fsp3) is 0.600. The molecule has 3 nitrogen and oxygen atoms in total. The van der Waals surface area contributed by atoms with Crippen molar-refractivity contribution in [1.82, 2.24) is 4.90 Å². The largest absolute Gasteiger partial charge is 0.497 e. The highest BCUT2D eigenvalue weighted by Crippen LogP contribution is 2.21. The average molecular weight is 249 g/mol. The first-order valence-corrected chi connectivity index (χ1v) is 6.73. The van der Waals surface area contributed by atoms with Gasteiger partial charge < -0.3 is 14.7 Å². The Morgan fingerprint density at radius 1 is 1.39 bits per heavy atom. The van der Waals surface area contributed by atoms with E-state index < -0.39 is 6.10 Å². The van der Waals surface area contributed by atoms with Crippen molar-refractivity contribution >= 4 is 0 Å². The topological polar surface area (TPSA) is 32.7 Å². The van der Waals surface area contributed by atoms with Crippen LogP contribution in [0, 0.1) is 5.92 Å². The number of methoxy groups -OCH3 is 1. The summed E-state index contributed by atoms with van der Waals surface area (Å²) in [6.45, 7) is 5.23. The Labute approximate surface area is 109 Å². The molecule has 2 rings (SSSR count). The zero-order valence-electron chi connectivity index (χ0n) is 11.3. The van der Waals surface area contributed by atoms with E-state index in [0.717, 1.165) is 36.9 Å². The van der Waals surface area contributed by atoms with Crippen LogP contribution in [0.1, 0.15) is 31.4 Å². The minimum Gasteiger partial charge on any atom is -0.497 e. The van der Waals surface area contributed by atoms with Crippen molar-refractivity contribution in [2.45, 2.75) is 25.9 Å². The molecule has 1 fully saturated rings. The fourth-order valence-corrected chi connectivity index (χ4v) is 2.63. The van der Waals surface area contributed by atoms with Crippen LogP contribution in [-0.2, 0) is 0 Å². The third-order valence-electron chi connectivity index (χ3n) is 3.67. The van der Waals surface area contributed by atoms with Crippen LogP contribution in [0.3, 0.4) is 0 Å². The summed E-state index contributed by atoms with van der Waals surface area (Å²) in [6, 6.07) is 7.68. The van der Waals surface area contributed by atoms with Crippen LogP contribution in [0.5, 0.6) is 5.75 Å². The van der Waals surface area contributed by atoms with Crippen molar-refractivity contribution in [3.05, 3.63) is 29.8 Å². The molecule has 0 spiro atoms. The van der Waals surface area contributed by atoms with Crippen molar-refractivity contribution in [2.24, 2.45) is 5.92 Å². The van der Waals surface area contributed by atoms with Crippen molar-refractivity contribution in [3.8, 4) is 5.75 Å². The number of aliphatic hydroxyl groups is 1. The number of hydrogen-bond acceptors (Lipinski definition) is 3. The summed E-state index contributed by atoms with van der Waals surface area (Å²) in [4.78, 5) is 2.36. The van der Waals surface area contributed by atoms with Gasteiger partial charge in [-0.05, 0) is 43.0 Å². The molecule has 2 unspecified atom stereocenters. The van der Waals surface area contributed by atoms with Crippen LogP contribution in [-0.4, -0.2) is 36.8 Å². The quantitative estimate of drug-likeness (QED) is 0.889. The number of piperidine rings is 1. The first-order valence-electron chi connectivity index (χ1n) is 6.73. The van der Waals surface area contributed by atoms with E-state index >= 15 is 0 Å². The van der Waals surface area contributed by atoms with E-state index in [1.165, 1.54) is 12.8 Å². The molecule has 0 bridgehead atoms. The van der Waals surface area contributed by atoms with Crippen molar-refractivity contribution < 1.29 is 9.84 Å². The van der Waals surface area contributed by atoms with Crippen LogP contribution in [0.15, 0.2) is 24.3 Å². The SMILES string of the molecule is COc1ccc(C(O)CN2CCCC(C)C2)cc1. The first kappa shape index (κ1) is 13.4. The number of benzene rings is 1. The van der Waals surface area contributed by atoms with Crippen molar-refractivity contribution in [2.75, 3.05) is 26.7 Å². The van der Waals surface area contributed by atoms with E-state index in [9.17, 15) is 5.11 Å². The number of aliphatic hydroxyl groups excluding tert-OH is 1. The lowest BCUT2D eigenvalue weighted by atomic mass is 9.99. The molecule has 2 atom stereocenters. The van der Waals surface area contributed by atoms with E-state index in [2.05, 4.69) is 11.8 Å². The molecular weight excluding hydrogens is 226 g/mol. The summed E-state index contributed by atoms with van der Waals surface area (Å²) in [5.74, 6) is 1.58. The third kappa shape index (κ3) is 3.47. The summed E-state index contributed by atoms with van der Waals surface area (Å²) >= 11 is 0. The van der Waals surface area contributed by atoms with E-state index in [4.69, 9.17) is 4.74 Å². The molecule has 1 saturated heterocycles. The molecule has 0 radical (unpaired) electrons. The molecule has 1 aliphatic rings. The van der Waals surface area contributed by atoms with Gasteiger partial charge in [0.1, 0.15) is 5.75 Å². The lowest BCUT2D eigenvalue weighted by Crippen LogP contribution is -2.37. The predicted octanol–water partition coefficient (Wildman–Crippen LogP) is 2.46. The Hall–Kier alpha value is -1.06. The highest BCUT2D eigenvalue weighted by atomic mass is 16.5. The number of nitrogens with zero attached hydrogens (tertiary/aromatic N) is 1. The maximum absolute atomic E-state index is 10.2. The summed E-state index contributed by atoms with van der Waals surface area (Å²) in [5, 5.41) is 10.2. The van der Waals surface area contributed by atoms with Gasteiger partial charge >= 0.3 is 0 Å². The number of likely N-dealkylation sites (tertiary alicyclic amines) is 1. The van der Waals surface area contributed by atoms with Gasteiger partial charge in [-0.2, -0.15) is 0 Å². The number of rotatable bonds is 4. The molecular formula is C15H23NO2. The lowest BCUT2D eigenvalue weighted by Gasteiger charge is -2.32. The Kier molecular flexibility index (Phi) is 4.61. The van der Waals surface area contributed by atoms with Gasteiger partial charge in [0.25, 0.3) is 0 Å². The lowest BCUT2D eigenvalue weighted by molar-refractivity contribution is 0.0875. The van der Waals surface area contributed by atoms with Gasteiger partial charge in [-0.15, -0.1) is 0 Å². The predicted molar refractivity (Wildman–Crippen MR) is 72.8 cm³/mol. The third-order valence-corrected chi connectivity index (χ3v) is 3.67. The molecule has 1 aromatic carbocycles. The standard InChI is InChI=1S/C15H23NO2/c1-12-4-3-9-16(10-12)11-15(17)13-5-7-14(18-2)8-6-13/h5-8,12,15,17H,3-4,9-11H2,1-2H3. The average Bonchev–Trinajstić information content (AvgIpc) is 2.39.